The van der Waals surface area contributed by atoms with E-state index in [9.17, 15) is 9.59 Å². The van der Waals surface area contributed by atoms with Crippen molar-refractivity contribution in [2.24, 2.45) is 0 Å². The molecule has 0 aliphatic carbocycles. The minimum atomic E-state index is -1.19. The van der Waals surface area contributed by atoms with E-state index in [1.54, 1.807) is 38.1 Å². The number of hydrogen-bond acceptors (Lipinski definition) is 7. The molecule has 1 aromatic heterocycles. The van der Waals surface area contributed by atoms with Gasteiger partial charge in [0.15, 0.2) is 10.8 Å². The van der Waals surface area contributed by atoms with Crippen molar-refractivity contribution < 1.29 is 23.6 Å². The second kappa shape index (κ2) is 8.82. The van der Waals surface area contributed by atoms with Gasteiger partial charge in [0.05, 0.1) is 13.2 Å². The fourth-order valence-corrected chi connectivity index (χ4v) is 2.30. The summed E-state index contributed by atoms with van der Waals surface area (Å²) in [4.78, 5) is 27.5. The van der Waals surface area contributed by atoms with Crippen LogP contribution in [-0.4, -0.2) is 35.3 Å². The fraction of sp³-hybridized carbons (Fsp3) is 0.375. The first-order chi connectivity index (χ1) is 12.0. The zero-order valence-electron chi connectivity index (χ0n) is 13.6. The number of aromatic nitrogens is 2. The van der Waals surface area contributed by atoms with Crippen LogP contribution in [-0.2, 0) is 19.1 Å². The van der Waals surface area contributed by atoms with E-state index in [4.69, 9.17) is 37.2 Å². The molecule has 0 bridgehead atoms. The van der Waals surface area contributed by atoms with Gasteiger partial charge in [-0.25, -0.2) is 0 Å². The molecule has 0 radical (unpaired) electrons. The van der Waals surface area contributed by atoms with E-state index in [1.807, 2.05) is 0 Å². The summed E-state index contributed by atoms with van der Waals surface area (Å²) in [5.74, 6) is -2.28. The lowest BCUT2D eigenvalue weighted by Crippen LogP contribution is -2.26. The van der Waals surface area contributed by atoms with E-state index in [2.05, 4.69) is 10.1 Å². The Hall–Kier alpha value is -2.12. The van der Waals surface area contributed by atoms with E-state index in [0.717, 1.165) is 0 Å². The Morgan fingerprint density at radius 2 is 1.80 bits per heavy atom. The van der Waals surface area contributed by atoms with Crippen LogP contribution >= 0.6 is 23.2 Å². The highest BCUT2D eigenvalue weighted by Crippen LogP contribution is 2.28. The summed E-state index contributed by atoms with van der Waals surface area (Å²) in [5, 5.41) is 3.78. The second-order valence-corrected chi connectivity index (χ2v) is 5.92. The summed E-state index contributed by atoms with van der Waals surface area (Å²) in [6.45, 7) is 3.61. The number of benzene rings is 1. The van der Waals surface area contributed by atoms with Crippen molar-refractivity contribution in [2.75, 3.05) is 13.2 Å². The molecule has 0 saturated carbocycles. The molecule has 0 N–H and O–H groups in total. The Balaban J connectivity index is 2.38. The predicted molar refractivity (Wildman–Crippen MR) is 90.2 cm³/mol. The van der Waals surface area contributed by atoms with Crippen molar-refractivity contribution >= 4 is 35.1 Å². The van der Waals surface area contributed by atoms with Crippen molar-refractivity contribution in [3.8, 4) is 11.4 Å². The van der Waals surface area contributed by atoms with E-state index < -0.39 is 22.7 Å². The van der Waals surface area contributed by atoms with Gasteiger partial charge in [0.25, 0.3) is 5.89 Å². The molecule has 1 heterocycles. The maximum Gasteiger partial charge on any atom is 0.324 e. The first-order valence-corrected chi connectivity index (χ1v) is 8.40. The topological polar surface area (TPSA) is 91.5 Å². The van der Waals surface area contributed by atoms with Crippen LogP contribution in [0.1, 0.15) is 36.1 Å². The molecule has 0 unspecified atom stereocenters. The van der Waals surface area contributed by atoms with Crippen LogP contribution in [0, 0.1) is 0 Å². The van der Waals surface area contributed by atoms with Gasteiger partial charge in [-0.1, -0.05) is 46.6 Å². The van der Waals surface area contributed by atoms with Crippen molar-refractivity contribution in [1.29, 1.82) is 0 Å². The number of esters is 2. The molecule has 2 rings (SSSR count). The Bertz CT molecular complexity index is 730. The molecule has 0 fully saturated rings. The summed E-state index contributed by atoms with van der Waals surface area (Å²) in [5.41, 5.74) is 0.925. The predicted octanol–water partition coefficient (Wildman–Crippen LogP) is 3.42. The highest BCUT2D eigenvalue weighted by molar-refractivity contribution is 6.43. The average molecular weight is 387 g/mol. The standard InChI is InChI=1S/C16H16Cl2N2O5/c1-3-23-15(21)11(16(22)24-4-2)9-6-5-7-10(8-9)13-19-14(12(17)18)25-20-13/h5-8,11-12H,3-4H2,1-2H3. The van der Waals surface area contributed by atoms with Gasteiger partial charge in [-0.3, -0.25) is 9.59 Å². The van der Waals surface area contributed by atoms with Crippen LogP contribution in [0.15, 0.2) is 28.8 Å². The summed E-state index contributed by atoms with van der Waals surface area (Å²) in [7, 11) is 0. The third kappa shape index (κ3) is 4.70. The maximum absolute atomic E-state index is 12.2. The lowest BCUT2D eigenvalue weighted by Gasteiger charge is -2.15. The number of carbonyl (C=O) groups excluding carboxylic acids is 2. The van der Waals surface area contributed by atoms with Gasteiger partial charge in [0.1, 0.15) is 0 Å². The third-order valence-electron chi connectivity index (χ3n) is 3.15. The molecule has 134 valence electrons. The SMILES string of the molecule is CCOC(=O)C(C(=O)OCC)c1cccc(-c2noc(C(Cl)Cl)n2)c1. The summed E-state index contributed by atoms with van der Waals surface area (Å²) < 4.78 is 14.9. The van der Waals surface area contributed by atoms with Gasteiger partial charge in [-0.05, 0) is 25.5 Å². The van der Waals surface area contributed by atoms with Gasteiger partial charge < -0.3 is 14.0 Å². The van der Waals surface area contributed by atoms with Crippen molar-refractivity contribution in [2.45, 2.75) is 24.6 Å². The number of carbonyl (C=O) groups is 2. The first-order valence-electron chi connectivity index (χ1n) is 7.53. The van der Waals surface area contributed by atoms with E-state index in [1.165, 1.54) is 0 Å². The van der Waals surface area contributed by atoms with Crippen LogP contribution in [0.4, 0.5) is 0 Å². The molecular weight excluding hydrogens is 371 g/mol. The molecule has 0 aliphatic rings. The molecule has 0 atom stereocenters. The van der Waals surface area contributed by atoms with E-state index >= 15 is 0 Å². The largest absolute Gasteiger partial charge is 0.465 e. The number of ether oxygens (including phenoxy) is 2. The maximum atomic E-state index is 12.2. The zero-order chi connectivity index (χ0) is 18.4. The summed E-state index contributed by atoms with van der Waals surface area (Å²) in [6.07, 6.45) is 0. The Morgan fingerprint density at radius 1 is 1.16 bits per heavy atom. The fourth-order valence-electron chi connectivity index (χ4n) is 2.12. The number of nitrogens with zero attached hydrogens (tertiary/aromatic N) is 2. The normalized spacial score (nSPS) is 11.0. The Kier molecular flexibility index (Phi) is 6.78. The molecular formula is C16H16Cl2N2O5. The van der Waals surface area contributed by atoms with Crippen molar-refractivity contribution in [1.82, 2.24) is 10.1 Å². The molecule has 0 saturated heterocycles. The third-order valence-corrected chi connectivity index (χ3v) is 3.52. The Labute approximate surface area is 154 Å². The highest BCUT2D eigenvalue weighted by atomic mass is 35.5. The van der Waals surface area contributed by atoms with Crippen molar-refractivity contribution in [3.63, 3.8) is 0 Å². The van der Waals surface area contributed by atoms with E-state index in [-0.39, 0.29) is 24.9 Å². The van der Waals surface area contributed by atoms with Crippen LogP contribution in [0.5, 0.6) is 0 Å². The number of alkyl halides is 2. The van der Waals surface area contributed by atoms with Gasteiger partial charge >= 0.3 is 11.9 Å². The highest BCUT2D eigenvalue weighted by Gasteiger charge is 2.31. The minimum absolute atomic E-state index is 0.0519. The number of rotatable bonds is 7. The van der Waals surface area contributed by atoms with Gasteiger partial charge in [0.2, 0.25) is 5.82 Å². The molecule has 7 nitrogen and oxygen atoms in total. The molecule has 9 heteroatoms. The Morgan fingerprint density at radius 3 is 2.32 bits per heavy atom. The first kappa shape index (κ1) is 19.2. The minimum Gasteiger partial charge on any atom is -0.465 e. The lowest BCUT2D eigenvalue weighted by atomic mass is 9.97. The molecule has 2 aromatic rings. The average Bonchev–Trinajstić information content (AvgIpc) is 3.06. The number of halogens is 2. The second-order valence-electron chi connectivity index (χ2n) is 4.82. The van der Waals surface area contributed by atoms with Crippen LogP contribution < -0.4 is 0 Å². The quantitative estimate of drug-likeness (QED) is 0.408. The van der Waals surface area contributed by atoms with Gasteiger partial charge in [0, 0.05) is 5.56 Å². The van der Waals surface area contributed by atoms with Crippen LogP contribution in [0.25, 0.3) is 11.4 Å². The van der Waals surface area contributed by atoms with Gasteiger partial charge in [-0.2, -0.15) is 4.98 Å². The molecule has 25 heavy (non-hydrogen) atoms. The smallest absolute Gasteiger partial charge is 0.324 e. The van der Waals surface area contributed by atoms with Crippen LogP contribution in [0.2, 0.25) is 0 Å². The molecule has 0 amide bonds. The summed E-state index contributed by atoms with van der Waals surface area (Å²) >= 11 is 11.4. The summed E-state index contributed by atoms with van der Waals surface area (Å²) in [6, 6.07) is 6.56. The molecule has 1 aromatic carbocycles. The van der Waals surface area contributed by atoms with E-state index in [0.29, 0.717) is 11.1 Å². The zero-order valence-corrected chi connectivity index (χ0v) is 15.1. The van der Waals surface area contributed by atoms with Gasteiger partial charge in [-0.15, -0.1) is 0 Å². The molecule has 0 aliphatic heterocycles. The molecule has 0 spiro atoms. The van der Waals surface area contributed by atoms with Crippen molar-refractivity contribution in [3.05, 3.63) is 35.7 Å². The van der Waals surface area contributed by atoms with Crippen LogP contribution in [0.3, 0.4) is 0 Å². The number of hydrogen-bond donors (Lipinski definition) is 0. The monoisotopic (exact) mass is 386 g/mol. The lowest BCUT2D eigenvalue weighted by molar-refractivity contribution is -0.156.